The van der Waals surface area contributed by atoms with E-state index < -0.39 is 0 Å². The maximum atomic E-state index is 12.6. The first-order chi connectivity index (χ1) is 12.0. The van der Waals surface area contributed by atoms with Gasteiger partial charge in [0, 0.05) is 11.9 Å². The van der Waals surface area contributed by atoms with E-state index in [0.717, 1.165) is 42.5 Å². The molecule has 25 heavy (non-hydrogen) atoms. The summed E-state index contributed by atoms with van der Waals surface area (Å²) in [5.74, 6) is -0.749. The van der Waals surface area contributed by atoms with Crippen LogP contribution in [0.25, 0.3) is 0 Å². The average molecular weight is 382 g/mol. The van der Waals surface area contributed by atoms with Crippen LogP contribution in [0.1, 0.15) is 57.5 Å². The van der Waals surface area contributed by atoms with Gasteiger partial charge in [0.15, 0.2) is 0 Å². The Balaban J connectivity index is 1.94. The minimum atomic E-state index is -0.381. The van der Waals surface area contributed by atoms with Crippen LogP contribution in [0.4, 0.5) is 5.00 Å². The van der Waals surface area contributed by atoms with Gasteiger partial charge in [-0.3, -0.25) is 9.48 Å². The number of esters is 1. The molecule has 1 aliphatic carbocycles. The molecule has 0 spiro atoms. The van der Waals surface area contributed by atoms with Gasteiger partial charge < -0.3 is 10.1 Å². The van der Waals surface area contributed by atoms with Crippen LogP contribution in [0.5, 0.6) is 0 Å². The van der Waals surface area contributed by atoms with Crippen molar-refractivity contribution < 1.29 is 14.3 Å². The molecule has 6 nitrogen and oxygen atoms in total. The number of thiophene rings is 1. The third kappa shape index (κ3) is 3.57. The number of amides is 1. The van der Waals surface area contributed by atoms with Gasteiger partial charge in [0.1, 0.15) is 10.7 Å². The fourth-order valence-corrected chi connectivity index (χ4v) is 4.49. The predicted molar refractivity (Wildman–Crippen MR) is 97.7 cm³/mol. The molecule has 0 atom stereocenters. The lowest BCUT2D eigenvalue weighted by Gasteiger charge is -2.12. The number of carbonyl (C=O) groups is 2. The first-order valence-corrected chi connectivity index (χ1v) is 9.52. The Kier molecular flexibility index (Phi) is 5.44. The molecule has 0 saturated heterocycles. The molecular formula is C17H20ClN3O3S. The molecule has 1 amide bonds. The summed E-state index contributed by atoms with van der Waals surface area (Å²) < 4.78 is 6.75. The van der Waals surface area contributed by atoms with Crippen molar-refractivity contribution in [1.82, 2.24) is 9.78 Å². The Hall–Kier alpha value is -1.86. The normalized spacial score (nSPS) is 13.4. The number of aryl methyl sites for hydroxylation is 2. The Morgan fingerprint density at radius 2 is 2.16 bits per heavy atom. The number of anilines is 1. The number of hydrogen-bond donors (Lipinski definition) is 1. The molecular weight excluding hydrogens is 362 g/mol. The zero-order valence-corrected chi connectivity index (χ0v) is 15.8. The Morgan fingerprint density at radius 3 is 2.84 bits per heavy atom. The number of rotatable bonds is 5. The number of halogens is 1. The molecule has 0 saturated carbocycles. The van der Waals surface area contributed by atoms with E-state index in [2.05, 4.69) is 10.4 Å². The third-order valence-corrected chi connectivity index (χ3v) is 5.63. The van der Waals surface area contributed by atoms with Gasteiger partial charge in [-0.05, 0) is 37.7 Å². The predicted octanol–water partition coefficient (Wildman–Crippen LogP) is 3.83. The molecule has 1 N–H and O–H groups in total. The molecule has 0 aromatic carbocycles. The topological polar surface area (TPSA) is 73.2 Å². The fraction of sp³-hybridized carbons (Fsp3) is 0.471. The van der Waals surface area contributed by atoms with Crippen molar-refractivity contribution in [3.05, 3.63) is 32.9 Å². The van der Waals surface area contributed by atoms with Crippen LogP contribution >= 0.6 is 22.9 Å². The second-order valence-electron chi connectivity index (χ2n) is 5.97. The van der Waals surface area contributed by atoms with Crippen LogP contribution in [0.15, 0.2) is 6.20 Å². The smallest absolute Gasteiger partial charge is 0.341 e. The largest absolute Gasteiger partial charge is 0.462 e. The van der Waals surface area contributed by atoms with E-state index >= 15 is 0 Å². The quantitative estimate of drug-likeness (QED) is 0.799. The summed E-state index contributed by atoms with van der Waals surface area (Å²) in [6.07, 6.45) is 6.08. The van der Waals surface area contributed by atoms with Crippen molar-refractivity contribution in [2.75, 3.05) is 11.9 Å². The first kappa shape index (κ1) is 17.9. The fourth-order valence-electron chi connectivity index (χ4n) is 2.97. The van der Waals surface area contributed by atoms with Gasteiger partial charge in [0.05, 0.1) is 23.4 Å². The number of fused-ring (bicyclic) bond motifs is 1. The van der Waals surface area contributed by atoms with E-state index in [9.17, 15) is 9.59 Å². The molecule has 8 heteroatoms. The highest BCUT2D eigenvalue weighted by molar-refractivity contribution is 7.17. The number of hydrogen-bond acceptors (Lipinski definition) is 5. The second-order valence-corrected chi connectivity index (χ2v) is 7.48. The molecule has 2 aromatic heterocycles. The molecule has 0 fully saturated rings. The van der Waals surface area contributed by atoms with Gasteiger partial charge in [0.25, 0.3) is 5.91 Å². The second kappa shape index (κ2) is 7.58. The lowest BCUT2D eigenvalue weighted by Crippen LogP contribution is -2.18. The van der Waals surface area contributed by atoms with Crippen molar-refractivity contribution in [2.45, 2.75) is 39.0 Å². The summed E-state index contributed by atoms with van der Waals surface area (Å²) in [6, 6.07) is 0. The summed E-state index contributed by atoms with van der Waals surface area (Å²) in [5.41, 5.74) is 1.78. The Morgan fingerprint density at radius 1 is 1.40 bits per heavy atom. The Labute approximate surface area is 155 Å². The molecule has 0 bridgehead atoms. The molecule has 2 heterocycles. The maximum Gasteiger partial charge on any atom is 0.341 e. The van der Waals surface area contributed by atoms with Crippen LogP contribution in [-0.2, 0) is 24.6 Å². The molecule has 134 valence electrons. The lowest BCUT2D eigenvalue weighted by atomic mass is 9.95. The summed E-state index contributed by atoms with van der Waals surface area (Å²) in [4.78, 5) is 26.3. The van der Waals surface area contributed by atoms with E-state index in [-0.39, 0.29) is 22.6 Å². The minimum Gasteiger partial charge on any atom is -0.462 e. The maximum absolute atomic E-state index is 12.6. The van der Waals surface area contributed by atoms with E-state index in [0.29, 0.717) is 17.2 Å². The highest BCUT2D eigenvalue weighted by Crippen LogP contribution is 2.39. The molecule has 2 aromatic rings. The number of aromatic nitrogens is 2. The van der Waals surface area contributed by atoms with Gasteiger partial charge in [-0.15, -0.1) is 11.3 Å². The first-order valence-electron chi connectivity index (χ1n) is 8.33. The average Bonchev–Trinajstić information content (AvgIpc) is 3.12. The van der Waals surface area contributed by atoms with Crippen LogP contribution in [-0.4, -0.2) is 28.3 Å². The van der Waals surface area contributed by atoms with Gasteiger partial charge in [-0.1, -0.05) is 18.5 Å². The zero-order valence-electron chi connectivity index (χ0n) is 14.2. The summed E-state index contributed by atoms with van der Waals surface area (Å²) in [7, 11) is 1.65. The van der Waals surface area contributed by atoms with Crippen LogP contribution in [0.3, 0.4) is 0 Å². The Bertz CT molecular complexity index is 793. The van der Waals surface area contributed by atoms with Crippen LogP contribution < -0.4 is 5.32 Å². The molecule has 0 unspecified atom stereocenters. The van der Waals surface area contributed by atoms with E-state index in [1.165, 1.54) is 22.2 Å². The van der Waals surface area contributed by atoms with Crippen molar-refractivity contribution in [1.29, 1.82) is 0 Å². The van der Waals surface area contributed by atoms with Gasteiger partial charge in [-0.2, -0.15) is 5.10 Å². The monoisotopic (exact) mass is 381 g/mol. The van der Waals surface area contributed by atoms with E-state index in [1.54, 1.807) is 7.05 Å². The van der Waals surface area contributed by atoms with Crippen LogP contribution in [0, 0.1) is 0 Å². The van der Waals surface area contributed by atoms with E-state index in [4.69, 9.17) is 16.3 Å². The molecule has 0 radical (unpaired) electrons. The minimum absolute atomic E-state index is 0.265. The molecule has 0 aliphatic heterocycles. The molecule has 1 aliphatic rings. The van der Waals surface area contributed by atoms with Gasteiger partial charge in [-0.25, -0.2) is 4.79 Å². The third-order valence-electron chi connectivity index (χ3n) is 4.15. The highest BCUT2D eigenvalue weighted by atomic mass is 35.5. The van der Waals surface area contributed by atoms with Crippen molar-refractivity contribution >= 4 is 39.8 Å². The van der Waals surface area contributed by atoms with Crippen molar-refractivity contribution in [3.63, 3.8) is 0 Å². The SMILES string of the molecule is CCCOC(=O)c1c(NC(=O)c2c(Cl)cnn2C)sc2c1CCCC2. The van der Waals surface area contributed by atoms with E-state index in [1.807, 2.05) is 6.92 Å². The lowest BCUT2D eigenvalue weighted by molar-refractivity contribution is 0.0505. The van der Waals surface area contributed by atoms with Gasteiger partial charge in [0.2, 0.25) is 0 Å². The zero-order chi connectivity index (χ0) is 18.0. The van der Waals surface area contributed by atoms with Gasteiger partial charge >= 0.3 is 5.97 Å². The number of ether oxygens (including phenoxy) is 1. The van der Waals surface area contributed by atoms with Crippen LogP contribution in [0.2, 0.25) is 5.02 Å². The van der Waals surface area contributed by atoms with Crippen molar-refractivity contribution in [2.24, 2.45) is 7.05 Å². The summed E-state index contributed by atoms with van der Waals surface area (Å²) in [6.45, 7) is 2.31. The number of carbonyl (C=O) groups excluding carboxylic acids is 2. The number of nitrogens with zero attached hydrogens (tertiary/aromatic N) is 2. The number of nitrogens with one attached hydrogen (secondary N) is 1. The standard InChI is InChI=1S/C17H20ClN3O3S/c1-3-8-24-17(23)13-10-6-4-5-7-12(10)25-16(13)20-15(22)14-11(18)9-19-21(14)2/h9H,3-8H2,1-2H3,(H,20,22). The molecule has 3 rings (SSSR count). The summed E-state index contributed by atoms with van der Waals surface area (Å²) in [5, 5.41) is 7.63. The van der Waals surface area contributed by atoms with Crippen molar-refractivity contribution in [3.8, 4) is 0 Å². The summed E-state index contributed by atoms with van der Waals surface area (Å²) >= 11 is 7.50. The highest BCUT2D eigenvalue weighted by Gasteiger charge is 2.28.